The van der Waals surface area contributed by atoms with Crippen LogP contribution in [0.1, 0.15) is 25.3 Å². The number of fused-ring (bicyclic) bond motifs is 1. The molecule has 3 aromatic rings. The lowest BCUT2D eigenvalue weighted by Gasteiger charge is -2.31. The van der Waals surface area contributed by atoms with E-state index in [1.807, 2.05) is 30.3 Å². The number of piperidine rings is 1. The highest BCUT2D eigenvalue weighted by molar-refractivity contribution is 5.94. The summed E-state index contributed by atoms with van der Waals surface area (Å²) in [6, 6.07) is 14.8. The molecule has 31 heavy (non-hydrogen) atoms. The molecule has 0 radical (unpaired) electrons. The number of halogens is 3. The molecule has 2 heterocycles. The van der Waals surface area contributed by atoms with Crippen molar-refractivity contribution in [2.45, 2.75) is 25.9 Å². The number of aromatic nitrogens is 1. The van der Waals surface area contributed by atoms with Crippen molar-refractivity contribution in [2.24, 2.45) is 5.92 Å². The number of carbonyl (C=O) groups excluding carboxylic acids is 1. The summed E-state index contributed by atoms with van der Waals surface area (Å²) in [5.74, 6) is 0.576. The molecule has 1 aliphatic rings. The number of pyridine rings is 1. The first kappa shape index (κ1) is 21.2. The van der Waals surface area contributed by atoms with Gasteiger partial charge in [0.15, 0.2) is 0 Å². The number of hydrogen-bond donors (Lipinski definition) is 0. The molecule has 1 aliphatic heterocycles. The summed E-state index contributed by atoms with van der Waals surface area (Å²) in [6.07, 6.45) is -2.95. The van der Waals surface area contributed by atoms with Crippen LogP contribution in [0.25, 0.3) is 22.0 Å². The number of benzene rings is 2. The van der Waals surface area contributed by atoms with Crippen molar-refractivity contribution in [3.05, 3.63) is 60.2 Å². The van der Waals surface area contributed by atoms with Gasteiger partial charge >= 0.3 is 12.1 Å². The Labute approximate surface area is 178 Å². The van der Waals surface area contributed by atoms with E-state index in [0.29, 0.717) is 38.1 Å². The van der Waals surface area contributed by atoms with Crippen molar-refractivity contribution in [2.75, 3.05) is 24.6 Å². The van der Waals surface area contributed by atoms with E-state index < -0.39 is 11.7 Å². The minimum atomic E-state index is -4.36. The summed E-state index contributed by atoms with van der Waals surface area (Å²) >= 11 is 0. The van der Waals surface area contributed by atoms with E-state index >= 15 is 0 Å². The van der Waals surface area contributed by atoms with Crippen LogP contribution in [0.5, 0.6) is 0 Å². The molecule has 162 valence electrons. The third kappa shape index (κ3) is 4.50. The van der Waals surface area contributed by atoms with Crippen LogP contribution in [-0.4, -0.2) is 30.6 Å². The van der Waals surface area contributed by atoms with Crippen LogP contribution in [0, 0.1) is 5.92 Å². The van der Waals surface area contributed by atoms with E-state index in [4.69, 9.17) is 9.72 Å². The summed E-state index contributed by atoms with van der Waals surface area (Å²) in [6.45, 7) is 3.59. The second-order valence-corrected chi connectivity index (χ2v) is 7.64. The van der Waals surface area contributed by atoms with Crippen molar-refractivity contribution in [3.63, 3.8) is 0 Å². The van der Waals surface area contributed by atoms with Crippen molar-refractivity contribution in [1.29, 1.82) is 0 Å². The number of anilines is 1. The predicted octanol–water partition coefficient (Wildman–Crippen LogP) is 5.70. The van der Waals surface area contributed by atoms with Crippen LogP contribution < -0.4 is 4.90 Å². The fraction of sp³-hybridized carbons (Fsp3) is 0.333. The molecule has 7 heteroatoms. The van der Waals surface area contributed by atoms with Gasteiger partial charge in [-0.2, -0.15) is 13.2 Å². The third-order valence-corrected chi connectivity index (χ3v) is 5.67. The topological polar surface area (TPSA) is 42.4 Å². The monoisotopic (exact) mass is 428 g/mol. The molecule has 0 N–H and O–H groups in total. The number of nitrogens with zero attached hydrogens (tertiary/aromatic N) is 2. The maximum absolute atomic E-state index is 12.9. The number of rotatable bonds is 4. The van der Waals surface area contributed by atoms with Crippen LogP contribution in [0.3, 0.4) is 0 Å². The van der Waals surface area contributed by atoms with Crippen LogP contribution >= 0.6 is 0 Å². The molecule has 1 aromatic heterocycles. The molecule has 0 amide bonds. The Morgan fingerprint density at radius 3 is 2.42 bits per heavy atom. The Kier molecular flexibility index (Phi) is 5.85. The van der Waals surface area contributed by atoms with Gasteiger partial charge in [-0.1, -0.05) is 30.3 Å². The highest BCUT2D eigenvalue weighted by Gasteiger charge is 2.30. The van der Waals surface area contributed by atoms with Gasteiger partial charge in [-0.05, 0) is 49.6 Å². The second-order valence-electron chi connectivity index (χ2n) is 7.64. The first-order valence-corrected chi connectivity index (χ1v) is 10.4. The lowest BCUT2D eigenvalue weighted by Crippen LogP contribution is -2.37. The average Bonchev–Trinajstić information content (AvgIpc) is 2.78. The van der Waals surface area contributed by atoms with Crippen LogP contribution in [0.15, 0.2) is 54.6 Å². The molecule has 4 rings (SSSR count). The largest absolute Gasteiger partial charge is 0.466 e. The molecule has 0 bridgehead atoms. The van der Waals surface area contributed by atoms with Gasteiger partial charge < -0.3 is 9.64 Å². The average molecular weight is 428 g/mol. The maximum Gasteiger partial charge on any atom is 0.416 e. The number of ether oxygens (including phenoxy) is 1. The van der Waals surface area contributed by atoms with E-state index in [1.54, 1.807) is 6.92 Å². The fourth-order valence-electron chi connectivity index (χ4n) is 3.99. The maximum atomic E-state index is 12.9. The number of alkyl halides is 3. The highest BCUT2D eigenvalue weighted by Crippen LogP contribution is 2.34. The van der Waals surface area contributed by atoms with Gasteiger partial charge in [-0.15, -0.1) is 0 Å². The normalized spacial score (nSPS) is 15.3. The summed E-state index contributed by atoms with van der Waals surface area (Å²) in [5.41, 5.74) is 1.54. The molecule has 1 saturated heterocycles. The van der Waals surface area contributed by atoms with Gasteiger partial charge in [0.05, 0.1) is 23.6 Å². The molecular weight excluding hydrogens is 405 g/mol. The number of hydrogen-bond acceptors (Lipinski definition) is 4. The Morgan fingerprint density at radius 2 is 1.77 bits per heavy atom. The van der Waals surface area contributed by atoms with E-state index in [9.17, 15) is 18.0 Å². The van der Waals surface area contributed by atoms with Gasteiger partial charge in [-0.3, -0.25) is 4.79 Å². The summed E-state index contributed by atoms with van der Waals surface area (Å²) in [5, 5.41) is 0.919. The van der Waals surface area contributed by atoms with Gasteiger partial charge in [0.25, 0.3) is 0 Å². The van der Waals surface area contributed by atoms with Crippen molar-refractivity contribution < 1.29 is 22.7 Å². The Balaban J connectivity index is 1.60. The molecule has 1 fully saturated rings. The lowest BCUT2D eigenvalue weighted by atomic mass is 9.97. The minimum absolute atomic E-state index is 0.0839. The van der Waals surface area contributed by atoms with E-state index in [2.05, 4.69) is 4.90 Å². The molecule has 0 saturated carbocycles. The van der Waals surface area contributed by atoms with Gasteiger partial charge in [0, 0.05) is 24.0 Å². The summed E-state index contributed by atoms with van der Waals surface area (Å²) in [7, 11) is 0. The third-order valence-electron chi connectivity index (χ3n) is 5.67. The van der Waals surface area contributed by atoms with Crippen molar-refractivity contribution in [1.82, 2.24) is 4.98 Å². The summed E-state index contributed by atoms with van der Waals surface area (Å²) < 4.78 is 43.9. The molecule has 0 atom stereocenters. The highest BCUT2D eigenvalue weighted by atomic mass is 19.4. The molecule has 2 aromatic carbocycles. The Morgan fingerprint density at radius 1 is 1.06 bits per heavy atom. The fourth-order valence-corrected chi connectivity index (χ4v) is 3.99. The van der Waals surface area contributed by atoms with E-state index in [-0.39, 0.29) is 11.9 Å². The Hall–Kier alpha value is -3.09. The van der Waals surface area contributed by atoms with E-state index in [1.165, 1.54) is 12.1 Å². The second kappa shape index (κ2) is 8.57. The minimum Gasteiger partial charge on any atom is -0.466 e. The SMILES string of the molecule is CCOC(=O)C1CCN(c2ccc3cccc(-c4ccc(C(F)(F)F)cc4)c3n2)CC1. The lowest BCUT2D eigenvalue weighted by molar-refractivity contribution is -0.148. The quantitative estimate of drug-likeness (QED) is 0.500. The smallest absolute Gasteiger partial charge is 0.416 e. The van der Waals surface area contributed by atoms with Gasteiger partial charge in [0.1, 0.15) is 5.82 Å². The first-order valence-electron chi connectivity index (χ1n) is 10.4. The number of para-hydroxylation sites is 1. The van der Waals surface area contributed by atoms with E-state index in [0.717, 1.165) is 34.4 Å². The zero-order valence-electron chi connectivity index (χ0n) is 17.2. The Bertz CT molecular complexity index is 1070. The van der Waals surface area contributed by atoms with Crippen LogP contribution in [0.2, 0.25) is 0 Å². The summed E-state index contributed by atoms with van der Waals surface area (Å²) in [4.78, 5) is 19.0. The van der Waals surface area contributed by atoms with Crippen molar-refractivity contribution >= 4 is 22.7 Å². The van der Waals surface area contributed by atoms with Gasteiger partial charge in [-0.25, -0.2) is 4.98 Å². The number of esters is 1. The molecule has 0 spiro atoms. The zero-order chi connectivity index (χ0) is 22.0. The first-order chi connectivity index (χ1) is 14.9. The molecule has 4 nitrogen and oxygen atoms in total. The van der Waals surface area contributed by atoms with Crippen LogP contribution in [0.4, 0.5) is 19.0 Å². The molecular formula is C24H23F3N2O2. The van der Waals surface area contributed by atoms with Gasteiger partial charge in [0.2, 0.25) is 0 Å². The number of carbonyl (C=O) groups is 1. The zero-order valence-corrected chi connectivity index (χ0v) is 17.2. The predicted molar refractivity (Wildman–Crippen MR) is 114 cm³/mol. The standard InChI is InChI=1S/C24H23F3N2O2/c1-2-31-23(30)18-12-14-29(15-13-18)21-11-8-17-4-3-5-20(22(17)28-21)16-6-9-19(10-7-16)24(25,26)27/h3-11,18H,2,12-15H2,1H3. The molecule has 0 unspecified atom stereocenters. The van der Waals surface area contributed by atoms with Crippen molar-refractivity contribution in [3.8, 4) is 11.1 Å². The molecule has 0 aliphatic carbocycles. The van der Waals surface area contributed by atoms with Crippen LogP contribution in [-0.2, 0) is 15.7 Å².